The van der Waals surface area contributed by atoms with Gasteiger partial charge >= 0.3 is 0 Å². The molecule has 20 heavy (non-hydrogen) atoms. The zero-order valence-corrected chi connectivity index (χ0v) is 12.8. The summed E-state index contributed by atoms with van der Waals surface area (Å²) in [5.41, 5.74) is 2.63. The lowest BCUT2D eigenvalue weighted by Gasteiger charge is -2.10. The van der Waals surface area contributed by atoms with Gasteiger partial charge in [0.1, 0.15) is 0 Å². The molecular weight excluding hydrogens is 322 g/mol. The molecule has 1 aromatic carbocycles. The van der Waals surface area contributed by atoms with Crippen LogP contribution in [0.2, 0.25) is 0 Å². The highest BCUT2D eigenvalue weighted by molar-refractivity contribution is 9.10. The molecule has 0 radical (unpaired) electrons. The molecule has 4 nitrogen and oxygen atoms in total. The van der Waals surface area contributed by atoms with Crippen molar-refractivity contribution in [1.29, 1.82) is 0 Å². The van der Waals surface area contributed by atoms with Gasteiger partial charge in [-0.3, -0.25) is 4.79 Å². The molecule has 0 saturated carbocycles. The Morgan fingerprint density at radius 3 is 2.70 bits per heavy atom. The summed E-state index contributed by atoms with van der Waals surface area (Å²) < 4.78 is 10.9. The van der Waals surface area contributed by atoms with Crippen LogP contribution < -0.4 is 5.32 Å². The van der Waals surface area contributed by atoms with Gasteiger partial charge in [0.25, 0.3) is 5.91 Å². The summed E-state index contributed by atoms with van der Waals surface area (Å²) in [7, 11) is 0. The molecule has 1 amide bonds. The topological polar surface area (TPSA) is 51.5 Å². The zero-order valence-electron chi connectivity index (χ0n) is 11.2. The molecule has 2 aromatic rings. The monoisotopic (exact) mass is 337 g/mol. The lowest BCUT2D eigenvalue weighted by atomic mass is 10.1. The third-order valence-corrected chi connectivity index (χ3v) is 3.50. The minimum Gasteiger partial charge on any atom is -0.457 e. The van der Waals surface area contributed by atoms with Crippen LogP contribution in [0.15, 0.2) is 45.7 Å². The average Bonchev–Trinajstić information content (AvgIpc) is 2.89. The number of amides is 1. The van der Waals surface area contributed by atoms with Gasteiger partial charge in [0, 0.05) is 13.2 Å². The smallest absolute Gasteiger partial charge is 0.256 e. The Balaban J connectivity index is 2.00. The minimum absolute atomic E-state index is 0.170. The van der Waals surface area contributed by atoms with Gasteiger partial charge in [-0.15, -0.1) is 0 Å². The number of carbonyl (C=O) groups is 1. The fourth-order valence-electron chi connectivity index (χ4n) is 1.81. The maximum absolute atomic E-state index is 12.0. The van der Waals surface area contributed by atoms with Gasteiger partial charge in [-0.05, 0) is 40.0 Å². The molecule has 0 bridgehead atoms. The maximum Gasteiger partial charge on any atom is 0.256 e. The molecule has 0 aliphatic carbocycles. The molecule has 1 heterocycles. The van der Waals surface area contributed by atoms with Crippen LogP contribution in [0, 0.1) is 0 Å². The van der Waals surface area contributed by atoms with E-state index in [1.165, 1.54) is 6.26 Å². The minimum atomic E-state index is -0.170. The van der Waals surface area contributed by atoms with Crippen LogP contribution in [0.3, 0.4) is 0 Å². The standard InChI is InChI=1S/C15H16BrNO3/c1-2-19-10-12-6-4-3-5-11(12)9-17-15(18)13-7-8-20-14(13)16/h3-8H,2,9-10H2,1H3,(H,17,18). The highest BCUT2D eigenvalue weighted by Crippen LogP contribution is 2.17. The fraction of sp³-hybridized carbons (Fsp3) is 0.267. The number of ether oxygens (including phenoxy) is 1. The van der Waals surface area contributed by atoms with Crippen LogP contribution in [-0.2, 0) is 17.9 Å². The maximum atomic E-state index is 12.0. The Morgan fingerprint density at radius 2 is 2.05 bits per heavy atom. The highest BCUT2D eigenvalue weighted by atomic mass is 79.9. The molecule has 1 aromatic heterocycles. The second kappa shape index (κ2) is 7.26. The molecule has 0 aliphatic heterocycles. The van der Waals surface area contributed by atoms with Gasteiger partial charge in [0.05, 0.1) is 18.4 Å². The van der Waals surface area contributed by atoms with E-state index in [4.69, 9.17) is 9.15 Å². The third-order valence-electron chi connectivity index (χ3n) is 2.88. The van der Waals surface area contributed by atoms with Gasteiger partial charge in [-0.1, -0.05) is 24.3 Å². The van der Waals surface area contributed by atoms with E-state index in [1.54, 1.807) is 6.07 Å². The van der Waals surface area contributed by atoms with Gasteiger partial charge in [-0.2, -0.15) is 0 Å². The summed E-state index contributed by atoms with van der Waals surface area (Å²) in [4.78, 5) is 12.0. The van der Waals surface area contributed by atoms with Crippen molar-refractivity contribution in [2.45, 2.75) is 20.1 Å². The molecular formula is C15H16BrNO3. The van der Waals surface area contributed by atoms with E-state index in [1.807, 2.05) is 31.2 Å². The first-order valence-corrected chi connectivity index (χ1v) is 7.17. The molecule has 0 unspecified atom stereocenters. The van der Waals surface area contributed by atoms with Gasteiger partial charge in [0.2, 0.25) is 0 Å². The molecule has 1 N–H and O–H groups in total. The van der Waals surface area contributed by atoms with E-state index >= 15 is 0 Å². The van der Waals surface area contributed by atoms with Crippen LogP contribution in [0.1, 0.15) is 28.4 Å². The van der Waals surface area contributed by atoms with Gasteiger partial charge in [0.15, 0.2) is 4.67 Å². The number of halogens is 1. The van der Waals surface area contributed by atoms with Crippen molar-refractivity contribution in [2.24, 2.45) is 0 Å². The summed E-state index contributed by atoms with van der Waals surface area (Å²) in [6, 6.07) is 9.53. The van der Waals surface area contributed by atoms with Gasteiger partial charge in [-0.25, -0.2) is 0 Å². The van der Waals surface area contributed by atoms with E-state index in [-0.39, 0.29) is 5.91 Å². The molecule has 0 fully saturated rings. The SMILES string of the molecule is CCOCc1ccccc1CNC(=O)c1ccoc1Br. The van der Waals surface area contributed by atoms with Crippen LogP contribution in [0.4, 0.5) is 0 Å². The Morgan fingerprint density at radius 1 is 1.30 bits per heavy atom. The van der Waals surface area contributed by atoms with Crippen molar-refractivity contribution >= 4 is 21.8 Å². The van der Waals surface area contributed by atoms with Crippen molar-refractivity contribution in [3.8, 4) is 0 Å². The van der Waals surface area contributed by atoms with Crippen LogP contribution in [0.25, 0.3) is 0 Å². The predicted molar refractivity (Wildman–Crippen MR) is 79.4 cm³/mol. The number of rotatable bonds is 6. The quantitative estimate of drug-likeness (QED) is 0.877. The Labute approximate surface area is 126 Å². The summed E-state index contributed by atoms with van der Waals surface area (Å²) in [5, 5.41) is 2.87. The Bertz CT molecular complexity index is 580. The molecule has 5 heteroatoms. The van der Waals surface area contributed by atoms with Crippen LogP contribution in [0.5, 0.6) is 0 Å². The number of nitrogens with one attached hydrogen (secondary N) is 1. The molecule has 0 aliphatic rings. The summed E-state index contributed by atoms with van der Waals surface area (Å²) >= 11 is 3.19. The number of hydrogen-bond acceptors (Lipinski definition) is 3. The van der Waals surface area contributed by atoms with E-state index in [9.17, 15) is 4.79 Å². The number of carbonyl (C=O) groups excluding carboxylic acids is 1. The zero-order chi connectivity index (χ0) is 14.4. The molecule has 106 valence electrons. The number of hydrogen-bond donors (Lipinski definition) is 1. The lowest BCUT2D eigenvalue weighted by Crippen LogP contribution is -2.23. The third kappa shape index (κ3) is 3.71. The normalized spacial score (nSPS) is 10.5. The molecule has 0 atom stereocenters. The van der Waals surface area contributed by atoms with Crippen molar-refractivity contribution in [1.82, 2.24) is 5.32 Å². The van der Waals surface area contributed by atoms with Crippen molar-refractivity contribution in [3.05, 3.63) is 58.0 Å². The van der Waals surface area contributed by atoms with Crippen molar-refractivity contribution in [3.63, 3.8) is 0 Å². The average molecular weight is 338 g/mol. The van der Waals surface area contributed by atoms with Crippen molar-refractivity contribution in [2.75, 3.05) is 6.61 Å². The fourth-order valence-corrected chi connectivity index (χ4v) is 2.23. The first kappa shape index (κ1) is 14.8. The largest absolute Gasteiger partial charge is 0.457 e. The second-order valence-electron chi connectivity index (χ2n) is 4.20. The first-order chi connectivity index (χ1) is 9.72. The predicted octanol–water partition coefficient (Wildman–Crippen LogP) is 3.51. The van der Waals surface area contributed by atoms with Crippen LogP contribution in [-0.4, -0.2) is 12.5 Å². The van der Waals surface area contributed by atoms with E-state index in [2.05, 4.69) is 21.2 Å². The number of benzene rings is 1. The molecule has 2 rings (SSSR count). The lowest BCUT2D eigenvalue weighted by molar-refractivity contribution is 0.0948. The Kier molecular flexibility index (Phi) is 5.38. The second-order valence-corrected chi connectivity index (χ2v) is 4.92. The highest BCUT2D eigenvalue weighted by Gasteiger charge is 2.12. The van der Waals surface area contributed by atoms with Gasteiger partial charge < -0.3 is 14.5 Å². The van der Waals surface area contributed by atoms with E-state index < -0.39 is 0 Å². The Hall–Kier alpha value is -1.59. The number of furan rings is 1. The summed E-state index contributed by atoms with van der Waals surface area (Å²) in [6.07, 6.45) is 1.47. The van der Waals surface area contributed by atoms with E-state index in [0.29, 0.717) is 30.0 Å². The van der Waals surface area contributed by atoms with Crippen LogP contribution >= 0.6 is 15.9 Å². The van der Waals surface area contributed by atoms with Crippen molar-refractivity contribution < 1.29 is 13.9 Å². The first-order valence-electron chi connectivity index (χ1n) is 6.38. The summed E-state index contributed by atoms with van der Waals surface area (Å²) in [6.45, 7) is 3.64. The molecule has 0 spiro atoms. The van der Waals surface area contributed by atoms with E-state index in [0.717, 1.165) is 11.1 Å². The molecule has 0 saturated heterocycles. The summed E-state index contributed by atoms with van der Waals surface area (Å²) in [5.74, 6) is -0.170.